The molecule has 1 rings (SSSR count). The first-order valence-electron chi connectivity index (χ1n) is 5.85. The van der Waals surface area contributed by atoms with Gasteiger partial charge in [-0.15, -0.1) is 0 Å². The summed E-state index contributed by atoms with van der Waals surface area (Å²) in [6.07, 6.45) is 0.724. The molecule has 17 heavy (non-hydrogen) atoms. The van der Waals surface area contributed by atoms with Crippen LogP contribution in [0.3, 0.4) is 0 Å². The van der Waals surface area contributed by atoms with Crippen molar-refractivity contribution in [2.24, 2.45) is 0 Å². The van der Waals surface area contributed by atoms with Gasteiger partial charge in [-0.1, -0.05) is 0 Å². The second kappa shape index (κ2) is 5.34. The predicted molar refractivity (Wildman–Crippen MR) is 66.9 cm³/mol. The number of unbranched alkanes of at least 4 members (excludes halogenated alkanes) is 1. The summed E-state index contributed by atoms with van der Waals surface area (Å²) in [6.45, 7) is 5.92. The molecule has 5 nitrogen and oxygen atoms in total. The van der Waals surface area contributed by atoms with E-state index in [0.29, 0.717) is 25.9 Å². The molecule has 0 N–H and O–H groups in total. The summed E-state index contributed by atoms with van der Waals surface area (Å²) >= 11 is 0. The highest BCUT2D eigenvalue weighted by molar-refractivity contribution is 7.89. The van der Waals surface area contributed by atoms with Gasteiger partial charge >= 0.3 is 0 Å². The SMILES string of the molecule is CN1CCN(S(=O)(=O)CCCC#N)CC1(C)C. The second-order valence-corrected chi connectivity index (χ2v) is 7.23. The fourth-order valence-corrected chi connectivity index (χ4v) is 3.54. The molecule has 98 valence electrons. The third-order valence-corrected chi connectivity index (χ3v) is 5.27. The summed E-state index contributed by atoms with van der Waals surface area (Å²) in [5.41, 5.74) is -0.124. The monoisotopic (exact) mass is 259 g/mol. The molecule has 0 aromatic rings. The van der Waals surface area contributed by atoms with E-state index in [9.17, 15) is 8.42 Å². The van der Waals surface area contributed by atoms with E-state index in [1.807, 2.05) is 27.0 Å². The zero-order valence-electron chi connectivity index (χ0n) is 10.8. The van der Waals surface area contributed by atoms with Gasteiger partial charge in [-0.2, -0.15) is 9.57 Å². The van der Waals surface area contributed by atoms with Crippen LogP contribution in [0.4, 0.5) is 0 Å². The van der Waals surface area contributed by atoms with Crippen molar-refractivity contribution < 1.29 is 8.42 Å². The molecule has 0 unspecified atom stereocenters. The Morgan fingerprint density at radius 2 is 2.00 bits per heavy atom. The third-order valence-electron chi connectivity index (χ3n) is 3.37. The Balaban J connectivity index is 2.65. The van der Waals surface area contributed by atoms with E-state index in [-0.39, 0.29) is 11.3 Å². The van der Waals surface area contributed by atoms with Gasteiger partial charge in [0.1, 0.15) is 0 Å². The fourth-order valence-electron chi connectivity index (χ4n) is 1.90. The fraction of sp³-hybridized carbons (Fsp3) is 0.909. The van der Waals surface area contributed by atoms with E-state index in [0.717, 1.165) is 6.54 Å². The second-order valence-electron chi connectivity index (χ2n) is 5.15. The van der Waals surface area contributed by atoms with E-state index in [2.05, 4.69) is 4.90 Å². The molecule has 1 aliphatic rings. The molecule has 0 bridgehead atoms. The largest absolute Gasteiger partial charge is 0.299 e. The number of nitrogens with zero attached hydrogens (tertiary/aromatic N) is 3. The summed E-state index contributed by atoms with van der Waals surface area (Å²) in [4.78, 5) is 2.17. The Bertz CT molecular complexity index is 397. The molecule has 0 aromatic carbocycles. The topological polar surface area (TPSA) is 64.4 Å². The first kappa shape index (κ1) is 14.4. The Hall–Kier alpha value is -0.640. The maximum absolute atomic E-state index is 12.1. The van der Waals surface area contributed by atoms with Gasteiger partial charge in [0.15, 0.2) is 0 Å². The van der Waals surface area contributed by atoms with Gasteiger partial charge in [0.05, 0.1) is 11.8 Å². The van der Waals surface area contributed by atoms with Crippen LogP contribution in [0, 0.1) is 11.3 Å². The minimum absolute atomic E-state index is 0.0837. The molecule has 6 heteroatoms. The zero-order chi connectivity index (χ0) is 13.1. The first-order valence-corrected chi connectivity index (χ1v) is 7.46. The van der Waals surface area contributed by atoms with Gasteiger partial charge in [-0.3, -0.25) is 4.90 Å². The highest BCUT2D eigenvalue weighted by Gasteiger charge is 2.35. The van der Waals surface area contributed by atoms with Crippen LogP contribution in [-0.2, 0) is 10.0 Å². The molecule has 0 aliphatic carbocycles. The van der Waals surface area contributed by atoms with Gasteiger partial charge in [-0.05, 0) is 27.3 Å². The molecule has 1 aliphatic heterocycles. The number of sulfonamides is 1. The van der Waals surface area contributed by atoms with Crippen LogP contribution in [0.25, 0.3) is 0 Å². The summed E-state index contributed by atoms with van der Waals surface area (Å²) in [6, 6.07) is 1.98. The van der Waals surface area contributed by atoms with Crippen molar-refractivity contribution >= 4 is 10.0 Å². The smallest absolute Gasteiger partial charge is 0.214 e. The average Bonchev–Trinajstić information content (AvgIpc) is 2.22. The van der Waals surface area contributed by atoms with Crippen molar-refractivity contribution in [1.82, 2.24) is 9.21 Å². The first-order chi connectivity index (χ1) is 7.79. The number of piperazine rings is 1. The highest BCUT2D eigenvalue weighted by Crippen LogP contribution is 2.21. The Labute approximate surface area is 104 Å². The van der Waals surface area contributed by atoms with E-state index in [1.165, 1.54) is 0 Å². The quantitative estimate of drug-likeness (QED) is 0.695. The van der Waals surface area contributed by atoms with Gasteiger partial charge in [0, 0.05) is 31.6 Å². The van der Waals surface area contributed by atoms with Crippen LogP contribution in [0.1, 0.15) is 26.7 Å². The van der Waals surface area contributed by atoms with Crippen LogP contribution in [0.5, 0.6) is 0 Å². The molecule has 0 atom stereocenters. The van der Waals surface area contributed by atoms with E-state index in [1.54, 1.807) is 4.31 Å². The van der Waals surface area contributed by atoms with Crippen LogP contribution >= 0.6 is 0 Å². The maximum Gasteiger partial charge on any atom is 0.214 e. The summed E-state index contributed by atoms with van der Waals surface area (Å²) in [5.74, 6) is 0.0837. The van der Waals surface area contributed by atoms with Gasteiger partial charge in [0.2, 0.25) is 10.0 Å². The molecule has 0 amide bonds. The lowest BCUT2D eigenvalue weighted by atomic mass is 10.0. The van der Waals surface area contributed by atoms with Crippen molar-refractivity contribution in [3.8, 4) is 6.07 Å². The average molecular weight is 259 g/mol. The van der Waals surface area contributed by atoms with Crippen molar-refractivity contribution in [3.05, 3.63) is 0 Å². The summed E-state index contributed by atoms with van der Waals surface area (Å²) in [5, 5.41) is 8.43. The summed E-state index contributed by atoms with van der Waals surface area (Å²) in [7, 11) is -1.18. The van der Waals surface area contributed by atoms with Crippen molar-refractivity contribution in [2.45, 2.75) is 32.2 Å². The number of nitriles is 1. The Morgan fingerprint density at radius 3 is 2.53 bits per heavy atom. The van der Waals surface area contributed by atoms with E-state index in [4.69, 9.17) is 5.26 Å². The zero-order valence-corrected chi connectivity index (χ0v) is 11.6. The molecule has 1 heterocycles. The Morgan fingerprint density at radius 1 is 1.35 bits per heavy atom. The molecule has 0 radical (unpaired) electrons. The number of hydrogen-bond donors (Lipinski definition) is 0. The lowest BCUT2D eigenvalue weighted by Gasteiger charge is -2.44. The number of hydrogen-bond acceptors (Lipinski definition) is 4. The molecule has 0 aromatic heterocycles. The number of rotatable bonds is 4. The van der Waals surface area contributed by atoms with Crippen LogP contribution in [0.2, 0.25) is 0 Å². The van der Waals surface area contributed by atoms with E-state index < -0.39 is 10.0 Å². The molecular formula is C11H21N3O2S. The minimum atomic E-state index is -3.19. The van der Waals surface area contributed by atoms with Crippen LogP contribution < -0.4 is 0 Å². The standard InChI is InChI=1S/C11H21N3O2S/c1-11(2)10-14(8-7-13(11)3)17(15,16)9-5-4-6-12/h4-5,7-10H2,1-3H3. The van der Waals surface area contributed by atoms with Crippen molar-refractivity contribution in [1.29, 1.82) is 5.26 Å². The van der Waals surface area contributed by atoms with Gasteiger partial charge in [0.25, 0.3) is 0 Å². The third kappa shape index (κ3) is 3.66. The van der Waals surface area contributed by atoms with Crippen molar-refractivity contribution in [2.75, 3.05) is 32.4 Å². The lowest BCUT2D eigenvalue weighted by molar-refractivity contribution is 0.0801. The molecular weight excluding hydrogens is 238 g/mol. The Kier molecular flexibility index (Phi) is 4.53. The lowest BCUT2D eigenvalue weighted by Crippen LogP contribution is -2.59. The predicted octanol–water partition coefficient (Wildman–Crippen LogP) is 0.646. The molecule has 1 saturated heterocycles. The summed E-state index contributed by atoms with van der Waals surface area (Å²) < 4.78 is 25.7. The highest BCUT2D eigenvalue weighted by atomic mass is 32.2. The molecule has 0 spiro atoms. The van der Waals surface area contributed by atoms with E-state index >= 15 is 0 Å². The maximum atomic E-state index is 12.1. The number of likely N-dealkylation sites (N-methyl/N-ethyl adjacent to an activating group) is 1. The van der Waals surface area contributed by atoms with Crippen LogP contribution in [-0.4, -0.2) is 55.6 Å². The van der Waals surface area contributed by atoms with Gasteiger partial charge < -0.3 is 0 Å². The van der Waals surface area contributed by atoms with Crippen molar-refractivity contribution in [3.63, 3.8) is 0 Å². The minimum Gasteiger partial charge on any atom is -0.299 e. The molecule has 1 fully saturated rings. The molecule has 0 saturated carbocycles. The van der Waals surface area contributed by atoms with Gasteiger partial charge in [-0.25, -0.2) is 8.42 Å². The van der Waals surface area contributed by atoms with Crippen LogP contribution in [0.15, 0.2) is 0 Å². The normalized spacial score (nSPS) is 22.2.